The van der Waals surface area contributed by atoms with Gasteiger partial charge >= 0.3 is 0 Å². The number of hydrogen-bond donors (Lipinski definition) is 1. The molecular weight excluding hydrogens is 374 g/mol. The molecule has 0 aliphatic carbocycles. The fraction of sp³-hybridized carbons (Fsp3) is 0.474. The van der Waals surface area contributed by atoms with Crippen LogP contribution < -0.4 is 5.32 Å². The van der Waals surface area contributed by atoms with Crippen molar-refractivity contribution >= 4 is 22.4 Å². The molecule has 1 atom stereocenters. The van der Waals surface area contributed by atoms with Crippen molar-refractivity contribution in [1.29, 1.82) is 0 Å². The third-order valence-corrected chi connectivity index (χ3v) is 5.62. The smallest absolute Gasteiger partial charge is 0.253 e. The number of tetrazole rings is 1. The van der Waals surface area contributed by atoms with E-state index < -0.39 is 6.04 Å². The first kappa shape index (κ1) is 20.1. The predicted molar refractivity (Wildman–Crippen MR) is 109 cm³/mol. The van der Waals surface area contributed by atoms with Crippen LogP contribution >= 0.6 is 11.3 Å². The van der Waals surface area contributed by atoms with E-state index in [-0.39, 0.29) is 11.8 Å². The van der Waals surface area contributed by atoms with E-state index in [0.717, 1.165) is 23.4 Å². The van der Waals surface area contributed by atoms with Gasteiger partial charge in [0.2, 0.25) is 11.0 Å². The summed E-state index contributed by atoms with van der Waals surface area (Å²) in [5.41, 5.74) is 0.857. The summed E-state index contributed by atoms with van der Waals surface area (Å²) in [6.07, 6.45) is 2.00. The molecule has 3 rings (SSSR count). The van der Waals surface area contributed by atoms with E-state index in [9.17, 15) is 4.79 Å². The van der Waals surface area contributed by atoms with Gasteiger partial charge in [-0.2, -0.15) is 4.80 Å². The molecule has 0 saturated heterocycles. The van der Waals surface area contributed by atoms with Gasteiger partial charge in [0.05, 0.1) is 0 Å². The van der Waals surface area contributed by atoms with Crippen molar-refractivity contribution in [3.05, 3.63) is 35.3 Å². The van der Waals surface area contributed by atoms with Crippen LogP contribution in [0.4, 0.5) is 5.13 Å². The predicted octanol–water partition coefficient (Wildman–Crippen LogP) is 3.93. The van der Waals surface area contributed by atoms with Crippen molar-refractivity contribution in [3.63, 3.8) is 0 Å². The highest BCUT2D eigenvalue weighted by molar-refractivity contribution is 7.15. The number of amides is 1. The molecule has 0 bridgehead atoms. The van der Waals surface area contributed by atoms with Crippen LogP contribution in [0.3, 0.4) is 0 Å². The maximum atomic E-state index is 12.9. The van der Waals surface area contributed by atoms with E-state index in [1.807, 2.05) is 44.2 Å². The highest BCUT2D eigenvalue weighted by atomic mass is 32.1. The largest absolute Gasteiger partial charge is 0.299 e. The van der Waals surface area contributed by atoms with Gasteiger partial charge < -0.3 is 0 Å². The third kappa shape index (κ3) is 4.41. The summed E-state index contributed by atoms with van der Waals surface area (Å²) in [5, 5.41) is 25.3. The standard InChI is InChI=1S/C19H25N7OS/c1-5-13(6-2)18-22-23-19(28-18)20-17(27)15(12(3)4)26-24-16(21-25-26)14-10-8-7-9-11-14/h7-13,15H,5-6H2,1-4H3,(H,20,23,27). The topological polar surface area (TPSA) is 98.5 Å². The van der Waals surface area contributed by atoms with E-state index in [1.165, 1.54) is 16.1 Å². The Morgan fingerprint density at radius 3 is 2.46 bits per heavy atom. The molecule has 2 aromatic heterocycles. The van der Waals surface area contributed by atoms with Crippen molar-refractivity contribution in [3.8, 4) is 11.4 Å². The summed E-state index contributed by atoms with van der Waals surface area (Å²) in [6, 6.07) is 8.98. The number of benzene rings is 1. The molecule has 0 aliphatic heterocycles. The minimum absolute atomic E-state index is 0.0238. The SMILES string of the molecule is CCC(CC)c1nnc(NC(=O)C(C(C)C)n2nnc(-c3ccccc3)n2)s1. The van der Waals surface area contributed by atoms with Gasteiger partial charge in [-0.05, 0) is 24.0 Å². The van der Waals surface area contributed by atoms with Crippen LogP contribution in [0, 0.1) is 5.92 Å². The molecule has 9 heteroatoms. The van der Waals surface area contributed by atoms with Gasteiger partial charge in [-0.3, -0.25) is 10.1 Å². The molecule has 0 fully saturated rings. The van der Waals surface area contributed by atoms with Gasteiger partial charge in [-0.25, -0.2) is 0 Å². The summed E-state index contributed by atoms with van der Waals surface area (Å²) in [6.45, 7) is 8.16. The Morgan fingerprint density at radius 1 is 1.11 bits per heavy atom. The van der Waals surface area contributed by atoms with Crippen LogP contribution in [-0.2, 0) is 4.79 Å². The number of rotatable bonds is 8. The lowest BCUT2D eigenvalue weighted by atomic mass is 10.0. The number of anilines is 1. The molecule has 3 aromatic rings. The molecular formula is C19H25N7OS. The lowest BCUT2D eigenvalue weighted by Crippen LogP contribution is -2.31. The number of carbonyl (C=O) groups is 1. The van der Waals surface area contributed by atoms with E-state index in [0.29, 0.717) is 16.9 Å². The Kier molecular flexibility index (Phi) is 6.45. The van der Waals surface area contributed by atoms with Gasteiger partial charge in [0.15, 0.2) is 6.04 Å². The molecule has 0 spiro atoms. The quantitative estimate of drug-likeness (QED) is 0.616. The van der Waals surface area contributed by atoms with E-state index >= 15 is 0 Å². The molecule has 1 aromatic carbocycles. The second kappa shape index (κ2) is 9.01. The molecule has 28 heavy (non-hydrogen) atoms. The highest BCUT2D eigenvalue weighted by Crippen LogP contribution is 2.29. The summed E-state index contributed by atoms with van der Waals surface area (Å²) in [5.74, 6) is 0.615. The second-order valence-corrected chi connectivity index (χ2v) is 7.95. The molecule has 1 amide bonds. The van der Waals surface area contributed by atoms with Gasteiger partial charge in [0, 0.05) is 11.5 Å². The van der Waals surface area contributed by atoms with E-state index in [4.69, 9.17) is 0 Å². The zero-order valence-electron chi connectivity index (χ0n) is 16.5. The number of hydrogen-bond acceptors (Lipinski definition) is 7. The lowest BCUT2D eigenvalue weighted by molar-refractivity contribution is -0.121. The Balaban J connectivity index is 1.77. The van der Waals surface area contributed by atoms with Crippen molar-refractivity contribution in [2.45, 2.75) is 52.5 Å². The Hall–Kier alpha value is -2.68. The monoisotopic (exact) mass is 399 g/mol. The molecule has 0 saturated carbocycles. The maximum absolute atomic E-state index is 12.9. The normalized spacial score (nSPS) is 12.5. The van der Waals surface area contributed by atoms with E-state index in [1.54, 1.807) is 0 Å². The summed E-state index contributed by atoms with van der Waals surface area (Å²) >= 11 is 1.42. The zero-order chi connectivity index (χ0) is 20.1. The van der Waals surface area contributed by atoms with Gasteiger partial charge in [-0.1, -0.05) is 69.4 Å². The minimum atomic E-state index is -0.592. The van der Waals surface area contributed by atoms with Crippen molar-refractivity contribution < 1.29 is 4.79 Å². The Labute approximate surface area is 168 Å². The van der Waals surface area contributed by atoms with Crippen molar-refractivity contribution in [2.24, 2.45) is 5.92 Å². The van der Waals surface area contributed by atoms with Crippen LogP contribution in [0.1, 0.15) is 57.5 Å². The summed E-state index contributed by atoms with van der Waals surface area (Å²) in [7, 11) is 0. The first-order valence-corrected chi connectivity index (χ1v) is 10.3. The van der Waals surface area contributed by atoms with Crippen molar-refractivity contribution in [2.75, 3.05) is 5.32 Å². The Morgan fingerprint density at radius 2 is 1.82 bits per heavy atom. The molecule has 8 nitrogen and oxygen atoms in total. The van der Waals surface area contributed by atoms with Gasteiger partial charge in [0.1, 0.15) is 5.01 Å². The van der Waals surface area contributed by atoms with Gasteiger partial charge in [-0.15, -0.1) is 20.4 Å². The second-order valence-electron chi connectivity index (χ2n) is 6.94. The fourth-order valence-corrected chi connectivity index (χ4v) is 4.00. The molecule has 0 aliphatic rings. The maximum Gasteiger partial charge on any atom is 0.253 e. The van der Waals surface area contributed by atoms with Crippen LogP contribution in [0.15, 0.2) is 30.3 Å². The minimum Gasteiger partial charge on any atom is -0.299 e. The van der Waals surface area contributed by atoms with E-state index in [2.05, 4.69) is 44.8 Å². The van der Waals surface area contributed by atoms with Crippen LogP contribution in [0.5, 0.6) is 0 Å². The molecule has 1 unspecified atom stereocenters. The molecule has 0 radical (unpaired) electrons. The van der Waals surface area contributed by atoms with Crippen LogP contribution in [-0.4, -0.2) is 36.3 Å². The molecule has 2 heterocycles. The summed E-state index contributed by atoms with van der Waals surface area (Å²) < 4.78 is 0. The van der Waals surface area contributed by atoms with Crippen LogP contribution in [0.2, 0.25) is 0 Å². The average Bonchev–Trinajstić information content (AvgIpc) is 3.34. The molecule has 148 valence electrons. The highest BCUT2D eigenvalue weighted by Gasteiger charge is 2.28. The first-order valence-electron chi connectivity index (χ1n) is 9.52. The number of nitrogens with zero attached hydrogens (tertiary/aromatic N) is 6. The zero-order valence-corrected chi connectivity index (χ0v) is 17.3. The van der Waals surface area contributed by atoms with Gasteiger partial charge in [0.25, 0.3) is 5.91 Å². The summed E-state index contributed by atoms with van der Waals surface area (Å²) in [4.78, 5) is 14.3. The van der Waals surface area contributed by atoms with Crippen LogP contribution in [0.25, 0.3) is 11.4 Å². The number of nitrogens with one attached hydrogen (secondary N) is 1. The number of carbonyl (C=O) groups excluding carboxylic acids is 1. The fourth-order valence-electron chi connectivity index (χ4n) is 2.99. The average molecular weight is 400 g/mol. The first-order chi connectivity index (χ1) is 13.5. The lowest BCUT2D eigenvalue weighted by Gasteiger charge is -2.17. The molecule has 1 N–H and O–H groups in total. The van der Waals surface area contributed by atoms with Crippen molar-refractivity contribution in [1.82, 2.24) is 30.4 Å². The third-order valence-electron chi connectivity index (χ3n) is 4.61. The Bertz CT molecular complexity index is 902. The number of aromatic nitrogens is 6.